The van der Waals surface area contributed by atoms with E-state index in [4.69, 9.17) is 0 Å². The maximum absolute atomic E-state index is 12.7. The van der Waals surface area contributed by atoms with Crippen LogP contribution in [0.2, 0.25) is 0 Å². The fourth-order valence-electron chi connectivity index (χ4n) is 2.44. The van der Waals surface area contributed by atoms with Crippen molar-refractivity contribution in [3.8, 4) is 0 Å². The molecule has 0 fully saturated rings. The average molecular weight is 317 g/mol. The van der Waals surface area contributed by atoms with Crippen LogP contribution in [-0.4, -0.2) is 15.9 Å². The van der Waals surface area contributed by atoms with Gasteiger partial charge in [-0.2, -0.15) is 0 Å². The third kappa shape index (κ3) is 4.43. The Morgan fingerprint density at radius 1 is 0.792 bits per heavy atom. The second-order valence-corrected chi connectivity index (χ2v) is 5.49. The maximum atomic E-state index is 12.7. The zero-order valence-corrected chi connectivity index (χ0v) is 13.3. The molecule has 0 saturated heterocycles. The molecule has 0 unspecified atom stereocenters. The first-order valence-corrected chi connectivity index (χ1v) is 7.85. The number of amides is 2. The van der Waals surface area contributed by atoms with E-state index >= 15 is 0 Å². The molecule has 0 saturated carbocycles. The van der Waals surface area contributed by atoms with Crippen LogP contribution in [0.25, 0.3) is 0 Å². The number of benzene rings is 2. The molecule has 0 aliphatic heterocycles. The summed E-state index contributed by atoms with van der Waals surface area (Å²) in [4.78, 5) is 18.5. The van der Waals surface area contributed by atoms with Gasteiger partial charge in [-0.1, -0.05) is 60.7 Å². The lowest BCUT2D eigenvalue weighted by molar-refractivity contribution is 0.206. The molecule has 0 spiro atoms. The van der Waals surface area contributed by atoms with Crippen molar-refractivity contribution in [1.82, 2.24) is 9.88 Å². The number of carbonyl (C=O) groups is 1. The second kappa shape index (κ2) is 7.92. The molecule has 2 aromatic carbocycles. The fourth-order valence-corrected chi connectivity index (χ4v) is 2.44. The van der Waals surface area contributed by atoms with E-state index in [1.54, 1.807) is 29.4 Å². The zero-order valence-electron chi connectivity index (χ0n) is 13.3. The van der Waals surface area contributed by atoms with E-state index < -0.39 is 0 Å². The summed E-state index contributed by atoms with van der Waals surface area (Å²) < 4.78 is 0. The average Bonchev–Trinajstić information content (AvgIpc) is 2.64. The van der Waals surface area contributed by atoms with Crippen molar-refractivity contribution in [3.05, 3.63) is 96.3 Å². The molecular formula is C20H19N3O. The summed E-state index contributed by atoms with van der Waals surface area (Å²) in [6.45, 7) is 1.10. The number of carbonyl (C=O) groups excluding carboxylic acids is 1. The van der Waals surface area contributed by atoms with Crippen LogP contribution in [0.1, 0.15) is 11.1 Å². The Hall–Kier alpha value is -3.14. The molecule has 4 nitrogen and oxygen atoms in total. The van der Waals surface area contributed by atoms with Gasteiger partial charge in [0.1, 0.15) is 0 Å². The number of nitrogens with one attached hydrogen (secondary N) is 1. The monoisotopic (exact) mass is 317 g/mol. The van der Waals surface area contributed by atoms with Crippen LogP contribution in [0, 0.1) is 0 Å². The Labute approximate surface area is 141 Å². The van der Waals surface area contributed by atoms with Crippen LogP contribution in [0.15, 0.2) is 85.2 Å². The van der Waals surface area contributed by atoms with Gasteiger partial charge in [0.15, 0.2) is 0 Å². The Balaban J connectivity index is 1.76. The summed E-state index contributed by atoms with van der Waals surface area (Å²) in [7, 11) is 0. The lowest BCUT2D eigenvalue weighted by Gasteiger charge is -2.23. The highest BCUT2D eigenvalue weighted by atomic mass is 16.2. The molecule has 0 aliphatic carbocycles. The number of urea groups is 1. The van der Waals surface area contributed by atoms with Crippen LogP contribution >= 0.6 is 0 Å². The van der Waals surface area contributed by atoms with Crippen LogP contribution in [0.5, 0.6) is 0 Å². The first kappa shape index (κ1) is 15.7. The number of hydrogen-bond acceptors (Lipinski definition) is 2. The first-order chi connectivity index (χ1) is 11.8. The minimum absolute atomic E-state index is 0.131. The molecule has 0 bridgehead atoms. The largest absolute Gasteiger partial charge is 0.322 e. The maximum Gasteiger partial charge on any atom is 0.322 e. The van der Waals surface area contributed by atoms with Gasteiger partial charge in [-0.05, 0) is 23.3 Å². The van der Waals surface area contributed by atoms with Gasteiger partial charge < -0.3 is 10.2 Å². The normalized spacial score (nSPS) is 10.2. The molecule has 1 aromatic heterocycles. The third-order valence-electron chi connectivity index (χ3n) is 3.65. The lowest BCUT2D eigenvalue weighted by atomic mass is 10.2. The van der Waals surface area contributed by atoms with E-state index in [0.29, 0.717) is 13.1 Å². The van der Waals surface area contributed by atoms with Gasteiger partial charge in [-0.25, -0.2) is 4.79 Å². The van der Waals surface area contributed by atoms with E-state index in [1.165, 1.54) is 0 Å². The molecule has 0 atom stereocenters. The van der Waals surface area contributed by atoms with Crippen molar-refractivity contribution in [2.75, 3.05) is 5.32 Å². The second-order valence-electron chi connectivity index (χ2n) is 5.49. The molecule has 3 aromatic rings. The van der Waals surface area contributed by atoms with Crippen LogP contribution < -0.4 is 5.32 Å². The predicted molar refractivity (Wildman–Crippen MR) is 95.4 cm³/mol. The highest BCUT2D eigenvalue weighted by Crippen LogP contribution is 2.13. The number of aromatic nitrogens is 1. The summed E-state index contributed by atoms with van der Waals surface area (Å²) in [5.41, 5.74) is 2.93. The molecule has 2 amide bonds. The molecule has 0 aliphatic rings. The Morgan fingerprint density at radius 3 is 1.79 bits per heavy atom. The highest BCUT2D eigenvalue weighted by Gasteiger charge is 2.14. The summed E-state index contributed by atoms with van der Waals surface area (Å²) in [6, 6.07) is 23.4. The molecule has 4 heteroatoms. The van der Waals surface area contributed by atoms with Crippen molar-refractivity contribution in [2.24, 2.45) is 0 Å². The molecule has 1 N–H and O–H groups in total. The smallest absolute Gasteiger partial charge is 0.316 e. The molecular weight excluding hydrogens is 298 g/mol. The van der Waals surface area contributed by atoms with Crippen molar-refractivity contribution in [3.63, 3.8) is 0 Å². The summed E-state index contributed by atoms with van der Waals surface area (Å²) >= 11 is 0. The van der Waals surface area contributed by atoms with Crippen LogP contribution in [0.3, 0.4) is 0 Å². The van der Waals surface area contributed by atoms with Gasteiger partial charge in [-0.3, -0.25) is 4.98 Å². The predicted octanol–water partition coefficient (Wildman–Crippen LogP) is 4.32. The number of nitrogens with zero attached hydrogens (tertiary/aromatic N) is 2. The number of anilines is 1. The molecule has 3 rings (SSSR count). The minimum Gasteiger partial charge on any atom is -0.316 e. The Kier molecular flexibility index (Phi) is 5.20. The number of rotatable bonds is 5. The Morgan fingerprint density at radius 2 is 1.29 bits per heavy atom. The van der Waals surface area contributed by atoms with E-state index in [1.807, 2.05) is 60.7 Å². The van der Waals surface area contributed by atoms with E-state index in [-0.39, 0.29) is 6.03 Å². The molecule has 24 heavy (non-hydrogen) atoms. The molecule has 0 radical (unpaired) electrons. The van der Waals surface area contributed by atoms with E-state index in [9.17, 15) is 4.79 Å². The van der Waals surface area contributed by atoms with Gasteiger partial charge in [0.25, 0.3) is 0 Å². The summed E-state index contributed by atoms with van der Waals surface area (Å²) in [5.74, 6) is 0. The van der Waals surface area contributed by atoms with Crippen LogP contribution in [0.4, 0.5) is 10.5 Å². The number of pyridine rings is 1. The van der Waals surface area contributed by atoms with Gasteiger partial charge in [0.2, 0.25) is 0 Å². The van der Waals surface area contributed by atoms with Crippen molar-refractivity contribution >= 4 is 11.7 Å². The van der Waals surface area contributed by atoms with E-state index in [0.717, 1.165) is 16.8 Å². The Bertz CT molecular complexity index is 719. The van der Waals surface area contributed by atoms with Crippen molar-refractivity contribution in [2.45, 2.75) is 13.1 Å². The fraction of sp³-hybridized carbons (Fsp3) is 0.100. The first-order valence-electron chi connectivity index (χ1n) is 7.85. The summed E-state index contributed by atoms with van der Waals surface area (Å²) in [6.07, 6.45) is 3.32. The number of hydrogen-bond donors (Lipinski definition) is 1. The van der Waals surface area contributed by atoms with Gasteiger partial charge in [0, 0.05) is 31.2 Å². The van der Waals surface area contributed by atoms with Gasteiger partial charge >= 0.3 is 6.03 Å². The van der Waals surface area contributed by atoms with Gasteiger partial charge in [0.05, 0.1) is 0 Å². The SMILES string of the molecule is O=C(Nc1ccncc1)N(Cc1ccccc1)Cc1ccccc1. The molecule has 120 valence electrons. The van der Waals surface area contributed by atoms with Crippen molar-refractivity contribution < 1.29 is 4.79 Å². The van der Waals surface area contributed by atoms with Gasteiger partial charge in [-0.15, -0.1) is 0 Å². The van der Waals surface area contributed by atoms with Crippen molar-refractivity contribution in [1.29, 1.82) is 0 Å². The van der Waals surface area contributed by atoms with Crippen LogP contribution in [-0.2, 0) is 13.1 Å². The standard InChI is InChI=1S/C20H19N3O/c24-20(22-19-11-13-21-14-12-19)23(15-17-7-3-1-4-8-17)16-18-9-5-2-6-10-18/h1-14H,15-16H2,(H,21,22,24). The minimum atomic E-state index is -0.131. The zero-order chi connectivity index (χ0) is 16.6. The summed E-state index contributed by atoms with van der Waals surface area (Å²) in [5, 5.41) is 2.93. The quantitative estimate of drug-likeness (QED) is 0.762. The topological polar surface area (TPSA) is 45.2 Å². The highest BCUT2D eigenvalue weighted by molar-refractivity contribution is 5.89. The molecule has 1 heterocycles. The lowest BCUT2D eigenvalue weighted by Crippen LogP contribution is -2.34. The van der Waals surface area contributed by atoms with E-state index in [2.05, 4.69) is 10.3 Å². The third-order valence-corrected chi connectivity index (χ3v) is 3.65.